The summed E-state index contributed by atoms with van der Waals surface area (Å²) >= 11 is 3.44. The first-order valence-corrected chi connectivity index (χ1v) is 6.96. The van der Waals surface area contributed by atoms with E-state index >= 15 is 0 Å². The minimum atomic E-state index is -0.0700. The number of carbonyl (C=O) groups excluding carboxylic acids is 1. The molecule has 5 heteroatoms. The lowest BCUT2D eigenvalue weighted by molar-refractivity contribution is 0.0949. The minimum Gasteiger partial charge on any atom is -0.346 e. The summed E-state index contributed by atoms with van der Waals surface area (Å²) in [7, 11) is 0. The highest BCUT2D eigenvalue weighted by Gasteiger charge is 2.10. The van der Waals surface area contributed by atoms with E-state index in [1.807, 2.05) is 42.8 Å². The van der Waals surface area contributed by atoms with Crippen LogP contribution in [0.2, 0.25) is 0 Å². The second-order valence-corrected chi connectivity index (χ2v) is 5.16. The Kier molecular flexibility index (Phi) is 4.37. The summed E-state index contributed by atoms with van der Waals surface area (Å²) in [4.78, 5) is 12.0. The molecule has 0 fully saturated rings. The fourth-order valence-electron chi connectivity index (χ4n) is 1.89. The van der Waals surface area contributed by atoms with E-state index in [0.717, 1.165) is 22.3 Å². The van der Waals surface area contributed by atoms with Gasteiger partial charge >= 0.3 is 0 Å². The summed E-state index contributed by atoms with van der Waals surface area (Å²) in [6.07, 6.45) is 1.75. The standard InChI is InChI=1S/C14H16BrN3O/c1-3-18-13(12(15)8-17-18)9-16-14(19)11-6-4-5-10(2)7-11/h4-8H,3,9H2,1-2H3,(H,16,19). The number of aromatic nitrogens is 2. The first-order valence-electron chi connectivity index (χ1n) is 6.17. The summed E-state index contributed by atoms with van der Waals surface area (Å²) in [6, 6.07) is 7.55. The number of hydrogen-bond acceptors (Lipinski definition) is 2. The van der Waals surface area contributed by atoms with E-state index in [2.05, 4.69) is 26.3 Å². The first-order chi connectivity index (χ1) is 9.11. The van der Waals surface area contributed by atoms with Crippen LogP contribution in [-0.4, -0.2) is 15.7 Å². The van der Waals surface area contributed by atoms with Crippen LogP contribution in [0.3, 0.4) is 0 Å². The van der Waals surface area contributed by atoms with Crippen molar-refractivity contribution in [3.05, 3.63) is 51.8 Å². The number of halogens is 1. The minimum absolute atomic E-state index is 0.0700. The zero-order valence-electron chi connectivity index (χ0n) is 11.0. The fourth-order valence-corrected chi connectivity index (χ4v) is 2.32. The van der Waals surface area contributed by atoms with Crippen molar-refractivity contribution in [3.63, 3.8) is 0 Å². The Hall–Kier alpha value is -1.62. The van der Waals surface area contributed by atoms with Crippen LogP contribution in [0.4, 0.5) is 0 Å². The van der Waals surface area contributed by atoms with Gasteiger partial charge in [0.15, 0.2) is 0 Å². The maximum absolute atomic E-state index is 12.0. The van der Waals surface area contributed by atoms with E-state index in [0.29, 0.717) is 12.1 Å². The average Bonchev–Trinajstić information content (AvgIpc) is 2.76. The van der Waals surface area contributed by atoms with Gasteiger partial charge in [0.05, 0.1) is 22.9 Å². The van der Waals surface area contributed by atoms with Gasteiger partial charge in [-0.3, -0.25) is 9.48 Å². The second kappa shape index (κ2) is 6.02. The van der Waals surface area contributed by atoms with Crippen LogP contribution >= 0.6 is 15.9 Å². The highest BCUT2D eigenvalue weighted by Crippen LogP contribution is 2.15. The molecular formula is C14H16BrN3O. The molecule has 2 aromatic rings. The third-order valence-electron chi connectivity index (χ3n) is 2.89. The lowest BCUT2D eigenvalue weighted by atomic mass is 10.1. The molecule has 0 saturated carbocycles. The molecule has 1 amide bonds. The van der Waals surface area contributed by atoms with Gasteiger partial charge in [0.1, 0.15) is 0 Å². The number of carbonyl (C=O) groups is 1. The van der Waals surface area contributed by atoms with Gasteiger partial charge in [0.25, 0.3) is 5.91 Å². The summed E-state index contributed by atoms with van der Waals surface area (Å²) in [5, 5.41) is 7.13. The maximum atomic E-state index is 12.0. The molecule has 1 heterocycles. The normalized spacial score (nSPS) is 10.5. The van der Waals surface area contributed by atoms with Crippen LogP contribution in [0.25, 0.3) is 0 Å². The van der Waals surface area contributed by atoms with Crippen molar-refractivity contribution < 1.29 is 4.79 Å². The van der Waals surface area contributed by atoms with Crippen molar-refractivity contribution in [1.82, 2.24) is 15.1 Å². The summed E-state index contributed by atoms with van der Waals surface area (Å²) in [6.45, 7) is 5.23. The van der Waals surface area contributed by atoms with Crippen molar-refractivity contribution in [3.8, 4) is 0 Å². The van der Waals surface area contributed by atoms with Crippen LogP contribution < -0.4 is 5.32 Å². The quantitative estimate of drug-likeness (QED) is 0.941. The van der Waals surface area contributed by atoms with Crippen molar-refractivity contribution >= 4 is 21.8 Å². The Bertz CT molecular complexity index is 592. The van der Waals surface area contributed by atoms with Gasteiger partial charge in [-0.2, -0.15) is 5.10 Å². The van der Waals surface area contributed by atoms with E-state index in [-0.39, 0.29) is 5.91 Å². The Morgan fingerprint density at radius 1 is 1.47 bits per heavy atom. The molecule has 1 aromatic carbocycles. The lowest BCUT2D eigenvalue weighted by Crippen LogP contribution is -2.24. The smallest absolute Gasteiger partial charge is 0.251 e. The van der Waals surface area contributed by atoms with Crippen molar-refractivity contribution in [2.24, 2.45) is 0 Å². The number of aryl methyl sites for hydroxylation is 2. The third kappa shape index (κ3) is 3.23. The molecule has 4 nitrogen and oxygen atoms in total. The van der Waals surface area contributed by atoms with E-state index in [4.69, 9.17) is 0 Å². The summed E-state index contributed by atoms with van der Waals surface area (Å²) in [5.74, 6) is -0.0700. The molecule has 1 aromatic heterocycles. The van der Waals surface area contributed by atoms with E-state index in [1.54, 1.807) is 6.20 Å². The van der Waals surface area contributed by atoms with E-state index in [1.165, 1.54) is 0 Å². The topological polar surface area (TPSA) is 46.9 Å². The molecule has 0 aliphatic heterocycles. The van der Waals surface area contributed by atoms with Crippen LogP contribution in [0, 0.1) is 6.92 Å². The molecule has 0 aliphatic rings. The monoisotopic (exact) mass is 321 g/mol. The predicted molar refractivity (Wildman–Crippen MR) is 78.0 cm³/mol. The zero-order chi connectivity index (χ0) is 13.8. The molecule has 0 spiro atoms. The highest BCUT2D eigenvalue weighted by atomic mass is 79.9. The Labute approximate surface area is 120 Å². The molecule has 0 atom stereocenters. The number of amides is 1. The largest absolute Gasteiger partial charge is 0.346 e. The maximum Gasteiger partial charge on any atom is 0.251 e. The van der Waals surface area contributed by atoms with Crippen LogP contribution in [0.5, 0.6) is 0 Å². The highest BCUT2D eigenvalue weighted by molar-refractivity contribution is 9.10. The number of hydrogen-bond donors (Lipinski definition) is 1. The molecule has 1 N–H and O–H groups in total. The molecular weight excluding hydrogens is 306 g/mol. The third-order valence-corrected chi connectivity index (χ3v) is 3.56. The van der Waals surface area contributed by atoms with Gasteiger partial charge in [-0.25, -0.2) is 0 Å². The second-order valence-electron chi connectivity index (χ2n) is 4.31. The predicted octanol–water partition coefficient (Wildman–Crippen LogP) is 2.90. The van der Waals surface area contributed by atoms with Gasteiger partial charge in [-0.05, 0) is 41.9 Å². The van der Waals surface area contributed by atoms with Crippen molar-refractivity contribution in [1.29, 1.82) is 0 Å². The SMILES string of the molecule is CCn1ncc(Br)c1CNC(=O)c1cccc(C)c1. The molecule has 0 saturated heterocycles. The van der Waals surface area contributed by atoms with E-state index < -0.39 is 0 Å². The number of nitrogens with one attached hydrogen (secondary N) is 1. The van der Waals surface area contributed by atoms with Gasteiger partial charge in [-0.15, -0.1) is 0 Å². The van der Waals surface area contributed by atoms with Gasteiger partial charge in [-0.1, -0.05) is 17.7 Å². The lowest BCUT2D eigenvalue weighted by Gasteiger charge is -2.08. The number of nitrogens with zero attached hydrogens (tertiary/aromatic N) is 2. The number of rotatable bonds is 4. The molecule has 100 valence electrons. The Morgan fingerprint density at radius 2 is 2.26 bits per heavy atom. The zero-order valence-corrected chi connectivity index (χ0v) is 12.6. The molecule has 0 bridgehead atoms. The van der Waals surface area contributed by atoms with E-state index in [9.17, 15) is 4.79 Å². The number of benzene rings is 1. The molecule has 2 rings (SSSR count). The molecule has 0 unspecified atom stereocenters. The van der Waals surface area contributed by atoms with Gasteiger partial charge in [0, 0.05) is 12.1 Å². The van der Waals surface area contributed by atoms with Crippen LogP contribution in [0.1, 0.15) is 28.5 Å². The van der Waals surface area contributed by atoms with Gasteiger partial charge in [0.2, 0.25) is 0 Å². The Balaban J connectivity index is 2.06. The summed E-state index contributed by atoms with van der Waals surface area (Å²) in [5.41, 5.74) is 2.73. The van der Waals surface area contributed by atoms with Gasteiger partial charge < -0.3 is 5.32 Å². The molecule has 19 heavy (non-hydrogen) atoms. The van der Waals surface area contributed by atoms with Crippen LogP contribution in [0.15, 0.2) is 34.9 Å². The molecule has 0 aliphatic carbocycles. The molecule has 0 radical (unpaired) electrons. The van der Waals surface area contributed by atoms with Crippen molar-refractivity contribution in [2.45, 2.75) is 26.9 Å². The summed E-state index contributed by atoms with van der Waals surface area (Å²) < 4.78 is 2.78. The Morgan fingerprint density at radius 3 is 2.95 bits per heavy atom. The van der Waals surface area contributed by atoms with Crippen molar-refractivity contribution in [2.75, 3.05) is 0 Å². The fraction of sp³-hybridized carbons (Fsp3) is 0.286. The first kappa shape index (κ1) is 13.8. The van der Waals surface area contributed by atoms with Crippen LogP contribution in [-0.2, 0) is 13.1 Å². The average molecular weight is 322 g/mol.